The number of amides is 4. The van der Waals surface area contributed by atoms with Gasteiger partial charge in [-0.1, -0.05) is 158 Å². The lowest BCUT2D eigenvalue weighted by atomic mass is 10.0. The molecule has 3 rings (SSSR count). The molecule has 308 valence electrons. The van der Waals surface area contributed by atoms with Crippen LogP contribution in [0.4, 0.5) is 11.4 Å². The van der Waals surface area contributed by atoms with Gasteiger partial charge in [0.15, 0.2) is 0 Å². The summed E-state index contributed by atoms with van der Waals surface area (Å²) in [5, 5.41) is 21.1. The minimum absolute atomic E-state index is 0.0556. The molecule has 1 aliphatic heterocycles. The lowest BCUT2D eigenvalue weighted by molar-refractivity contribution is -0.153. The summed E-state index contributed by atoms with van der Waals surface area (Å²) in [6.45, 7) is 5.92. The van der Waals surface area contributed by atoms with Crippen molar-refractivity contribution >= 4 is 81.6 Å². The number of amidine groups is 1. The van der Waals surface area contributed by atoms with E-state index in [1.807, 2.05) is 0 Å². The fourth-order valence-corrected chi connectivity index (χ4v) is 7.63. The Morgan fingerprint density at radius 2 is 1.34 bits per heavy atom. The molecule has 1 heterocycles. The number of carbonyl (C=O) groups is 5. The maximum absolute atomic E-state index is 13.2. The van der Waals surface area contributed by atoms with E-state index >= 15 is 0 Å². The number of nitrogens with zero attached hydrogens (tertiary/aromatic N) is 3. The topological polar surface area (TPSA) is 148 Å². The highest BCUT2D eigenvalue weighted by Crippen LogP contribution is 2.38. The number of benzene rings is 2. The molecule has 0 unspecified atom stereocenters. The molecule has 0 saturated carbocycles. The number of carboxylic acids is 1. The van der Waals surface area contributed by atoms with E-state index < -0.39 is 42.1 Å². The second-order valence-electron chi connectivity index (χ2n) is 14.8. The van der Waals surface area contributed by atoms with Gasteiger partial charge in [-0.15, -0.1) is 0 Å². The third-order valence-electron chi connectivity index (χ3n) is 9.71. The molecule has 0 spiro atoms. The van der Waals surface area contributed by atoms with E-state index in [1.165, 1.54) is 106 Å². The van der Waals surface area contributed by atoms with Crippen molar-refractivity contribution in [2.45, 2.75) is 142 Å². The smallest absolute Gasteiger partial charge is 0.326 e. The fraction of sp³-hybridized carbons (Fsp3) is 0.571. The number of halogens is 3. The second-order valence-corrected chi connectivity index (χ2v) is 16.0. The van der Waals surface area contributed by atoms with Crippen LogP contribution in [0.1, 0.15) is 147 Å². The van der Waals surface area contributed by atoms with Crippen LogP contribution in [-0.4, -0.2) is 58.0 Å². The molecule has 2 aromatic rings. The van der Waals surface area contributed by atoms with E-state index in [1.54, 1.807) is 26.0 Å². The first-order chi connectivity index (χ1) is 26.8. The molecule has 2 aromatic carbocycles. The number of aliphatic carboxylic acids is 1. The zero-order chi connectivity index (χ0) is 41.0. The zero-order valence-corrected chi connectivity index (χ0v) is 35.3. The van der Waals surface area contributed by atoms with Crippen LogP contribution in [0.15, 0.2) is 41.5 Å². The predicted molar refractivity (Wildman–Crippen MR) is 226 cm³/mol. The fourth-order valence-electron chi connectivity index (χ4n) is 6.65. The Morgan fingerprint density at radius 3 is 1.86 bits per heavy atom. The van der Waals surface area contributed by atoms with Gasteiger partial charge >= 0.3 is 5.97 Å². The van der Waals surface area contributed by atoms with Crippen molar-refractivity contribution in [1.29, 1.82) is 0 Å². The minimum Gasteiger partial charge on any atom is -0.480 e. The lowest BCUT2D eigenvalue weighted by Gasteiger charge is -2.30. The van der Waals surface area contributed by atoms with Gasteiger partial charge in [-0.3, -0.25) is 19.2 Å². The average molecular weight is 835 g/mol. The molecule has 0 fully saturated rings. The maximum atomic E-state index is 13.2. The van der Waals surface area contributed by atoms with E-state index in [0.29, 0.717) is 6.42 Å². The molecule has 0 aromatic heterocycles. The number of carboxylic acid groups (broad SMARTS) is 1. The maximum Gasteiger partial charge on any atom is 0.326 e. The number of carbonyl (C=O) groups excluding carboxylic acids is 4. The molecule has 14 heteroatoms. The van der Waals surface area contributed by atoms with Crippen LogP contribution in [0.2, 0.25) is 15.1 Å². The van der Waals surface area contributed by atoms with Crippen LogP contribution in [-0.2, 0) is 19.2 Å². The van der Waals surface area contributed by atoms with Crippen molar-refractivity contribution in [3.63, 3.8) is 0 Å². The van der Waals surface area contributed by atoms with Crippen molar-refractivity contribution in [1.82, 2.24) is 10.2 Å². The van der Waals surface area contributed by atoms with Crippen LogP contribution < -0.4 is 15.6 Å². The van der Waals surface area contributed by atoms with E-state index in [4.69, 9.17) is 34.8 Å². The Bertz CT molecular complexity index is 1650. The van der Waals surface area contributed by atoms with Crippen molar-refractivity contribution < 1.29 is 29.1 Å². The average Bonchev–Trinajstić information content (AvgIpc) is 3.49. The van der Waals surface area contributed by atoms with Gasteiger partial charge in [-0.05, 0) is 36.8 Å². The molecule has 0 bridgehead atoms. The summed E-state index contributed by atoms with van der Waals surface area (Å²) in [5.41, 5.74) is 0.529. The second kappa shape index (κ2) is 24.9. The van der Waals surface area contributed by atoms with Crippen molar-refractivity contribution in [2.24, 2.45) is 11.0 Å². The highest BCUT2D eigenvalue weighted by atomic mass is 35.5. The highest BCUT2D eigenvalue weighted by Gasteiger charge is 2.33. The number of anilines is 2. The highest BCUT2D eigenvalue weighted by molar-refractivity contribution is 6.42. The van der Waals surface area contributed by atoms with Gasteiger partial charge in [0.25, 0.3) is 11.8 Å². The molecular formula is C42H58Cl3N5O6. The number of hydrogen-bond acceptors (Lipinski definition) is 6. The summed E-state index contributed by atoms with van der Waals surface area (Å²) in [7, 11) is 0. The van der Waals surface area contributed by atoms with Crippen LogP contribution >= 0.6 is 34.8 Å². The van der Waals surface area contributed by atoms with Gasteiger partial charge in [0, 0.05) is 28.7 Å². The Hall–Kier alpha value is -3.67. The molecular weight excluding hydrogens is 777 g/mol. The molecule has 1 aliphatic rings. The van der Waals surface area contributed by atoms with Gasteiger partial charge < -0.3 is 20.6 Å². The molecule has 0 radical (unpaired) electrons. The lowest BCUT2D eigenvalue weighted by Crippen LogP contribution is -2.48. The molecule has 4 amide bonds. The monoisotopic (exact) mass is 833 g/mol. The normalized spacial score (nSPS) is 13.2. The molecule has 11 nitrogen and oxygen atoms in total. The molecule has 1 atom stereocenters. The van der Waals surface area contributed by atoms with Crippen LogP contribution in [0.5, 0.6) is 0 Å². The summed E-state index contributed by atoms with van der Waals surface area (Å²) >= 11 is 18.5. The van der Waals surface area contributed by atoms with Gasteiger partial charge in [0.2, 0.25) is 11.8 Å². The third-order valence-corrected chi connectivity index (χ3v) is 10.5. The molecule has 0 aliphatic carbocycles. The summed E-state index contributed by atoms with van der Waals surface area (Å²) in [4.78, 5) is 66.0. The molecule has 56 heavy (non-hydrogen) atoms. The number of unbranched alkanes of at least 4 members (excludes halogenated alkanes) is 15. The standard InChI is InChI=1S/C42H58Cl3N5O6/c1-4-5-6-7-8-9-10-11-12-13-14-15-16-17-18-19-23-49(41(54)29(2)3)35(42(55)56)27-37(51)46-32-22-20-21-30(24-32)40(53)47-36-28-38(52)50(48-36)39-33(44)25-31(43)26-34(39)45/h20-22,24-26,29,35H,4-19,23,27-28H2,1-3H3,(H,46,51)(H,55,56)(H,47,48,53)/t35-/m0/s1. The Morgan fingerprint density at radius 1 is 0.804 bits per heavy atom. The van der Waals surface area contributed by atoms with E-state index in [-0.39, 0.29) is 56.7 Å². The predicted octanol–water partition coefficient (Wildman–Crippen LogP) is 10.7. The summed E-state index contributed by atoms with van der Waals surface area (Å²) < 4.78 is 0. The summed E-state index contributed by atoms with van der Waals surface area (Å²) in [6.07, 6.45) is 18.7. The first kappa shape index (κ1) is 46.7. The first-order valence-electron chi connectivity index (χ1n) is 20.1. The Balaban J connectivity index is 1.47. The number of hydrazone groups is 1. The zero-order valence-electron chi connectivity index (χ0n) is 33.0. The minimum atomic E-state index is -1.35. The summed E-state index contributed by atoms with van der Waals surface area (Å²) in [5.74, 6) is -3.66. The summed E-state index contributed by atoms with van der Waals surface area (Å²) in [6, 6.07) is 7.52. The van der Waals surface area contributed by atoms with Gasteiger partial charge in [0.1, 0.15) is 17.6 Å². The first-order valence-corrected chi connectivity index (χ1v) is 21.2. The Labute approximate surface area is 346 Å². The van der Waals surface area contributed by atoms with Gasteiger partial charge in [0.05, 0.1) is 22.9 Å². The molecule has 0 saturated heterocycles. The number of hydrogen-bond donors (Lipinski definition) is 3. The van der Waals surface area contributed by atoms with E-state index in [0.717, 1.165) is 24.3 Å². The largest absolute Gasteiger partial charge is 0.480 e. The van der Waals surface area contributed by atoms with Gasteiger partial charge in [-0.2, -0.15) is 10.1 Å². The number of nitrogens with one attached hydrogen (secondary N) is 2. The van der Waals surface area contributed by atoms with Crippen molar-refractivity contribution in [3.8, 4) is 0 Å². The Kier molecular flexibility index (Phi) is 20.7. The van der Waals surface area contributed by atoms with E-state index in [9.17, 15) is 29.1 Å². The van der Waals surface area contributed by atoms with Crippen LogP contribution in [0, 0.1) is 5.92 Å². The van der Waals surface area contributed by atoms with Crippen LogP contribution in [0.3, 0.4) is 0 Å². The van der Waals surface area contributed by atoms with E-state index in [2.05, 4.69) is 22.7 Å². The molecule has 3 N–H and O–H groups in total. The third kappa shape index (κ3) is 15.7. The number of rotatable bonds is 25. The van der Waals surface area contributed by atoms with Gasteiger partial charge in [-0.25, -0.2) is 4.79 Å². The van der Waals surface area contributed by atoms with Crippen molar-refractivity contribution in [3.05, 3.63) is 57.0 Å². The quantitative estimate of drug-likeness (QED) is 0.0848. The van der Waals surface area contributed by atoms with Crippen molar-refractivity contribution in [2.75, 3.05) is 16.9 Å². The SMILES string of the molecule is CCCCCCCCCCCCCCCCCCN(C(=O)C(C)C)[C@@H](CC(=O)Nc1cccc(C(=O)NC2=NN(c3c(Cl)cc(Cl)cc3Cl)C(=O)C2)c1)C(=O)O. The van der Waals surface area contributed by atoms with Crippen LogP contribution in [0.25, 0.3) is 0 Å².